The van der Waals surface area contributed by atoms with Crippen molar-refractivity contribution >= 4 is 63.6 Å². The van der Waals surface area contributed by atoms with E-state index < -0.39 is 112 Å². The lowest BCUT2D eigenvalue weighted by Crippen LogP contribution is -2.56. The second-order valence-corrected chi connectivity index (χ2v) is 12.1. The number of carbonyl (C=O) groups is 7. The minimum atomic E-state index is -2.90. The van der Waals surface area contributed by atoms with E-state index in [1.807, 2.05) is 4.98 Å². The van der Waals surface area contributed by atoms with Crippen LogP contribution in [0.25, 0.3) is 0 Å². The Morgan fingerprint density at radius 2 is 1.84 bits per heavy atom. The maximum atomic E-state index is 13.5. The lowest BCUT2D eigenvalue weighted by molar-refractivity contribution is -0.256. The number of carbonyl (C=O) groups excluding carboxylic acids is 5. The number of hydrogen-bond acceptors (Lipinski definition) is 17. The van der Waals surface area contributed by atoms with Crippen LogP contribution in [0.4, 0.5) is 5.13 Å². The Bertz CT molecular complexity index is 1910. The van der Waals surface area contributed by atoms with Gasteiger partial charge in [0.05, 0.1) is 37.7 Å². The summed E-state index contributed by atoms with van der Waals surface area (Å²) in [5.74, 6) is -11.4. The standard InChI is InChI=1S/C27H24N6O15S/c28-25-29-12(9-49-25)17(31-48-26(23(41)42)1-3-45-4-2-26)14(34)5-10-8-46-33(19(10)37)27(24(43)44)7-13(22(40)47-27)32-20(38)11-6-15(35)18(36)30-16(11)21(32)39/h6,9-10,13,35H,1-5,7-8H2,(H2,28,29)(H,30,36)(H,41,42)(H,43,44)/b31-17-/t10-,13-,27?/m0/s1. The molecule has 0 spiro atoms. The number of cyclic esters (lactones) is 1. The first kappa shape index (κ1) is 33.2. The fraction of sp³-hybridized carbons (Fsp3) is 0.407. The molecule has 3 fully saturated rings. The van der Waals surface area contributed by atoms with Gasteiger partial charge in [0, 0.05) is 30.7 Å². The summed E-state index contributed by atoms with van der Waals surface area (Å²) in [6, 6.07) is -1.20. The molecule has 22 heteroatoms. The number of nitrogens with one attached hydrogen (secondary N) is 1. The van der Waals surface area contributed by atoms with E-state index >= 15 is 0 Å². The molecule has 2 aromatic heterocycles. The summed E-state index contributed by atoms with van der Waals surface area (Å²) in [5.41, 5.74) is -1.72. The summed E-state index contributed by atoms with van der Waals surface area (Å²) in [6.07, 6.45) is -1.88. The third kappa shape index (κ3) is 5.44. The maximum Gasteiger partial charge on any atom is 0.372 e. The lowest BCUT2D eigenvalue weighted by atomic mass is 9.95. The molecule has 0 bridgehead atoms. The van der Waals surface area contributed by atoms with Gasteiger partial charge in [-0.15, -0.1) is 11.3 Å². The number of aromatic hydroxyl groups is 1. The van der Waals surface area contributed by atoms with Crippen LogP contribution in [0.3, 0.4) is 0 Å². The Morgan fingerprint density at radius 1 is 1.12 bits per heavy atom. The molecule has 3 amide bonds. The van der Waals surface area contributed by atoms with Crippen LogP contribution in [0.2, 0.25) is 0 Å². The van der Waals surface area contributed by atoms with E-state index in [0.29, 0.717) is 11.0 Å². The molecule has 4 aliphatic rings. The van der Waals surface area contributed by atoms with E-state index in [9.17, 15) is 53.7 Å². The zero-order valence-corrected chi connectivity index (χ0v) is 25.6. The van der Waals surface area contributed by atoms with Gasteiger partial charge in [-0.25, -0.2) is 19.4 Å². The SMILES string of the molecule is Nc1nc(/C(=N/OC2(C(=O)O)CCOCC2)C(=O)C[C@H]2CON(C3(C(=O)O)C[C@H](N4C(=O)c5cc(O)c(=O)[nH]c5C4=O)C(=O)O3)C2=O)cs1. The molecule has 6 N–H and O–H groups in total. The first-order chi connectivity index (χ1) is 23.2. The number of hydroxylamine groups is 2. The number of aliphatic carboxylic acids is 2. The van der Waals surface area contributed by atoms with E-state index in [2.05, 4.69) is 10.1 Å². The molecule has 6 heterocycles. The average molecular weight is 705 g/mol. The van der Waals surface area contributed by atoms with Gasteiger partial charge >= 0.3 is 23.6 Å². The van der Waals surface area contributed by atoms with Crippen LogP contribution in [0.1, 0.15) is 52.2 Å². The van der Waals surface area contributed by atoms with Crippen molar-refractivity contribution in [1.82, 2.24) is 19.9 Å². The number of ether oxygens (including phenoxy) is 2. The topological polar surface area (TPSA) is 308 Å². The zero-order chi connectivity index (χ0) is 35.4. The molecule has 0 aliphatic carbocycles. The summed E-state index contributed by atoms with van der Waals surface area (Å²) in [4.78, 5) is 120. The molecule has 0 radical (unpaired) electrons. The highest BCUT2D eigenvalue weighted by molar-refractivity contribution is 7.13. The maximum absolute atomic E-state index is 13.5. The molecule has 3 saturated heterocycles. The van der Waals surface area contributed by atoms with Crippen LogP contribution in [0.5, 0.6) is 5.75 Å². The van der Waals surface area contributed by atoms with E-state index in [4.69, 9.17) is 24.9 Å². The zero-order valence-electron chi connectivity index (χ0n) is 24.8. The van der Waals surface area contributed by atoms with Gasteiger partial charge in [-0.1, -0.05) is 5.16 Å². The van der Waals surface area contributed by atoms with Crippen molar-refractivity contribution < 1.29 is 68.0 Å². The van der Waals surface area contributed by atoms with Crippen LogP contribution >= 0.6 is 11.3 Å². The predicted octanol–water partition coefficient (Wildman–Crippen LogP) is -1.78. The number of nitrogen functional groups attached to an aromatic ring is 1. The minimum Gasteiger partial charge on any atom is -0.503 e. The summed E-state index contributed by atoms with van der Waals surface area (Å²) in [7, 11) is 0. The number of oxime groups is 1. The average Bonchev–Trinajstić information content (AvgIpc) is 3.80. The molecule has 3 atom stereocenters. The van der Waals surface area contributed by atoms with E-state index in [0.717, 1.165) is 11.3 Å². The van der Waals surface area contributed by atoms with E-state index in [1.165, 1.54) is 5.38 Å². The first-order valence-corrected chi connectivity index (χ1v) is 15.2. The number of ketones is 1. The quantitative estimate of drug-likeness (QED) is 0.0789. The largest absolute Gasteiger partial charge is 0.503 e. The Hall–Kier alpha value is -5.74. The fourth-order valence-corrected chi connectivity index (χ4v) is 6.22. The van der Waals surface area contributed by atoms with Gasteiger partial charge in [0.1, 0.15) is 17.4 Å². The number of anilines is 1. The normalized spacial score (nSPS) is 25.0. The third-order valence-corrected chi connectivity index (χ3v) is 8.98. The minimum absolute atomic E-state index is 0.0307. The molecule has 1 unspecified atom stereocenters. The smallest absolute Gasteiger partial charge is 0.372 e. The van der Waals surface area contributed by atoms with Gasteiger partial charge in [0.25, 0.3) is 23.3 Å². The summed E-state index contributed by atoms with van der Waals surface area (Å²) in [6.45, 7) is -0.504. The van der Waals surface area contributed by atoms with Gasteiger partial charge < -0.3 is 40.3 Å². The highest BCUT2D eigenvalue weighted by Gasteiger charge is 2.65. The van der Waals surface area contributed by atoms with Crippen molar-refractivity contribution in [3.8, 4) is 5.75 Å². The number of carboxylic acids is 2. The number of carboxylic acid groups (broad SMARTS) is 2. The molecule has 258 valence electrons. The highest BCUT2D eigenvalue weighted by atomic mass is 32.1. The van der Waals surface area contributed by atoms with Gasteiger partial charge in [-0.05, 0) is 0 Å². The molecule has 4 aliphatic heterocycles. The lowest BCUT2D eigenvalue weighted by Gasteiger charge is -2.31. The Kier molecular flexibility index (Phi) is 8.16. The molecule has 0 aromatic carbocycles. The van der Waals surface area contributed by atoms with Crippen LogP contribution < -0.4 is 11.3 Å². The van der Waals surface area contributed by atoms with Gasteiger partial charge in [0.2, 0.25) is 5.60 Å². The molecule has 21 nitrogen and oxygen atoms in total. The number of hydrogen-bond donors (Lipinski definition) is 5. The monoisotopic (exact) mass is 704 g/mol. The number of H-pyrrole nitrogens is 1. The van der Waals surface area contributed by atoms with Gasteiger partial charge in [-0.2, -0.15) is 5.06 Å². The number of thiazole rings is 1. The number of rotatable bonds is 10. The predicted molar refractivity (Wildman–Crippen MR) is 155 cm³/mol. The van der Waals surface area contributed by atoms with Gasteiger partial charge in [0.15, 0.2) is 22.4 Å². The number of Topliss-reactive ketones (excluding diaryl/α,β-unsaturated/α-hetero) is 1. The third-order valence-electron chi connectivity index (χ3n) is 8.31. The van der Waals surface area contributed by atoms with E-state index in [-0.39, 0.29) is 41.9 Å². The van der Waals surface area contributed by atoms with Crippen LogP contribution in [0.15, 0.2) is 21.4 Å². The Morgan fingerprint density at radius 3 is 2.47 bits per heavy atom. The number of pyridine rings is 1. The number of amides is 3. The summed E-state index contributed by atoms with van der Waals surface area (Å²) >= 11 is 0.935. The van der Waals surface area contributed by atoms with Crippen LogP contribution in [0, 0.1) is 5.92 Å². The molecule has 2 aromatic rings. The van der Waals surface area contributed by atoms with E-state index in [1.54, 1.807) is 0 Å². The van der Waals surface area contributed by atoms with Crippen molar-refractivity contribution in [3.05, 3.63) is 38.8 Å². The van der Waals surface area contributed by atoms with Crippen molar-refractivity contribution in [3.63, 3.8) is 0 Å². The Balaban J connectivity index is 1.23. The van der Waals surface area contributed by atoms with Crippen LogP contribution in [-0.4, -0.2) is 120 Å². The number of fused-ring (bicyclic) bond motifs is 1. The number of nitrogens with zero attached hydrogens (tertiary/aromatic N) is 4. The molecule has 49 heavy (non-hydrogen) atoms. The van der Waals surface area contributed by atoms with Gasteiger partial charge in [-0.3, -0.25) is 33.7 Å². The van der Waals surface area contributed by atoms with Crippen molar-refractivity contribution in [2.75, 3.05) is 25.6 Å². The second-order valence-electron chi connectivity index (χ2n) is 11.2. The fourth-order valence-electron chi connectivity index (χ4n) is 5.67. The Labute approximate surface area is 275 Å². The number of esters is 1. The number of nitrogens with two attached hydrogens (primary N) is 1. The van der Waals surface area contributed by atoms with Crippen molar-refractivity contribution in [2.24, 2.45) is 11.1 Å². The molecular formula is C27H24N6O15S. The van der Waals surface area contributed by atoms with Crippen molar-refractivity contribution in [2.45, 2.75) is 43.1 Å². The molecule has 6 rings (SSSR count). The molecular weight excluding hydrogens is 680 g/mol. The number of aromatic amines is 1. The summed E-state index contributed by atoms with van der Waals surface area (Å²) in [5, 5.41) is 35.1. The highest BCUT2D eigenvalue weighted by Crippen LogP contribution is 2.40. The number of imide groups is 1. The molecule has 0 saturated carbocycles. The second kappa shape index (κ2) is 12.1. The summed E-state index contributed by atoms with van der Waals surface area (Å²) < 4.78 is 10.3. The van der Waals surface area contributed by atoms with Crippen molar-refractivity contribution in [1.29, 1.82) is 0 Å². The van der Waals surface area contributed by atoms with Crippen LogP contribution in [-0.2, 0) is 43.1 Å². The first-order valence-electron chi connectivity index (χ1n) is 14.3. The number of aromatic nitrogens is 2.